The molecule has 0 rings (SSSR count). The fourth-order valence-electron chi connectivity index (χ4n) is 0.835. The van der Waals surface area contributed by atoms with Crippen LogP contribution in [0, 0.1) is 0 Å². The molecule has 0 heterocycles. The Morgan fingerprint density at radius 1 is 1.31 bits per heavy atom. The lowest BCUT2D eigenvalue weighted by atomic mass is 10.1. The van der Waals surface area contributed by atoms with Crippen LogP contribution < -0.4 is 15.3 Å². The Morgan fingerprint density at radius 3 is 2.31 bits per heavy atom. The zero-order valence-corrected chi connectivity index (χ0v) is 10.6. The van der Waals surface area contributed by atoms with Crippen LogP contribution in [0.3, 0.4) is 0 Å². The second-order valence-electron chi connectivity index (χ2n) is 3.98. The molecule has 0 aliphatic carbocycles. The van der Waals surface area contributed by atoms with E-state index in [-0.39, 0.29) is 5.54 Å². The average molecular weight is 205 g/mol. The highest BCUT2D eigenvalue weighted by Gasteiger charge is 2.17. The smallest absolute Gasteiger partial charge is 0.336 e. The summed E-state index contributed by atoms with van der Waals surface area (Å²) in [5, 5.41) is 3.13. The van der Waals surface area contributed by atoms with E-state index in [1.165, 1.54) is 0 Å². The number of rotatable bonds is 6. The molecule has 0 amide bonds. The third-order valence-electron chi connectivity index (χ3n) is 1.43. The van der Waals surface area contributed by atoms with Crippen molar-refractivity contribution >= 4 is 9.36 Å². The molecular formula is C8H23N3OSi. The Kier molecular flexibility index (Phi) is 6.53. The van der Waals surface area contributed by atoms with E-state index in [1.54, 1.807) is 0 Å². The first-order valence-corrected chi connectivity index (χ1v) is 6.39. The molecule has 0 aromatic rings. The van der Waals surface area contributed by atoms with Crippen LogP contribution in [0.25, 0.3) is 0 Å². The van der Waals surface area contributed by atoms with Crippen molar-refractivity contribution in [1.82, 2.24) is 15.3 Å². The molecule has 0 saturated carbocycles. The van der Waals surface area contributed by atoms with E-state index in [0.29, 0.717) is 6.73 Å². The largest absolute Gasteiger partial charge is 0.381 e. The summed E-state index contributed by atoms with van der Waals surface area (Å²) in [5.74, 6) is 0. The minimum Gasteiger partial charge on any atom is -0.381 e. The van der Waals surface area contributed by atoms with Crippen LogP contribution in [0.2, 0.25) is 0 Å². The molecule has 0 aliphatic heterocycles. The molecule has 0 aromatic heterocycles. The zero-order valence-electron chi connectivity index (χ0n) is 9.40. The molecule has 0 aromatic carbocycles. The molecule has 1 atom stereocenters. The summed E-state index contributed by atoms with van der Waals surface area (Å²) in [6, 6.07) is 0. The highest BCUT2D eigenvalue weighted by atomic mass is 28.3. The maximum atomic E-state index is 5.61. The van der Waals surface area contributed by atoms with Gasteiger partial charge in [0.1, 0.15) is 0 Å². The highest BCUT2D eigenvalue weighted by Crippen LogP contribution is 1.98. The predicted octanol–water partition coefficient (Wildman–Crippen LogP) is -0.105. The van der Waals surface area contributed by atoms with E-state index in [1.807, 2.05) is 7.05 Å². The van der Waals surface area contributed by atoms with Crippen molar-refractivity contribution in [3.05, 3.63) is 0 Å². The first-order chi connectivity index (χ1) is 5.99. The first-order valence-electron chi connectivity index (χ1n) is 4.77. The summed E-state index contributed by atoms with van der Waals surface area (Å²) in [6.07, 6.45) is 0. The van der Waals surface area contributed by atoms with E-state index in [4.69, 9.17) is 4.43 Å². The van der Waals surface area contributed by atoms with Gasteiger partial charge in [-0.25, -0.2) is 0 Å². The molecule has 0 radical (unpaired) electrons. The standard InChI is InChI=1S/C8H23N3OSi/c1-6-10-7-12-13(9-5)11-8(2,3)4/h9-11,13H,6-7H2,1-5H3. The van der Waals surface area contributed by atoms with Gasteiger partial charge in [0.05, 0.1) is 6.73 Å². The molecule has 0 fully saturated rings. The molecule has 0 aliphatic rings. The quantitative estimate of drug-likeness (QED) is 0.322. The fourth-order valence-corrected chi connectivity index (χ4v) is 2.30. The van der Waals surface area contributed by atoms with E-state index in [0.717, 1.165) is 6.54 Å². The van der Waals surface area contributed by atoms with Gasteiger partial charge in [-0.05, 0) is 34.4 Å². The van der Waals surface area contributed by atoms with E-state index in [2.05, 4.69) is 43.0 Å². The van der Waals surface area contributed by atoms with Crippen molar-refractivity contribution in [3.8, 4) is 0 Å². The highest BCUT2D eigenvalue weighted by molar-refractivity contribution is 6.45. The van der Waals surface area contributed by atoms with Gasteiger partial charge < -0.3 is 14.4 Å². The van der Waals surface area contributed by atoms with Crippen molar-refractivity contribution in [2.75, 3.05) is 20.3 Å². The first kappa shape index (κ1) is 13.1. The van der Waals surface area contributed by atoms with Crippen LogP contribution in [0.5, 0.6) is 0 Å². The van der Waals surface area contributed by atoms with Crippen LogP contribution in [0.4, 0.5) is 0 Å². The molecule has 1 unspecified atom stereocenters. The molecule has 80 valence electrons. The lowest BCUT2D eigenvalue weighted by Crippen LogP contribution is -2.56. The Hall–Kier alpha value is 0.0569. The second kappa shape index (κ2) is 6.50. The summed E-state index contributed by atoms with van der Waals surface area (Å²) < 4.78 is 5.61. The third-order valence-corrected chi connectivity index (χ3v) is 3.58. The molecule has 0 bridgehead atoms. The SMILES string of the molecule is CCNCO[SiH](NC)NC(C)(C)C. The second-order valence-corrected chi connectivity index (χ2v) is 5.94. The lowest BCUT2D eigenvalue weighted by Gasteiger charge is -2.26. The summed E-state index contributed by atoms with van der Waals surface area (Å²) in [7, 11) is 0.500. The van der Waals surface area contributed by atoms with Gasteiger partial charge in [0.15, 0.2) is 0 Å². The molecule has 3 N–H and O–H groups in total. The summed E-state index contributed by atoms with van der Waals surface area (Å²) in [5.41, 5.74) is 0.117. The van der Waals surface area contributed by atoms with Crippen LogP contribution in [-0.2, 0) is 4.43 Å². The Morgan fingerprint density at radius 2 is 1.92 bits per heavy atom. The van der Waals surface area contributed by atoms with Gasteiger partial charge >= 0.3 is 9.36 Å². The Bertz CT molecular complexity index is 127. The monoisotopic (exact) mass is 205 g/mol. The van der Waals surface area contributed by atoms with Crippen molar-refractivity contribution in [3.63, 3.8) is 0 Å². The molecule has 5 heteroatoms. The number of nitrogens with one attached hydrogen (secondary N) is 3. The summed E-state index contributed by atoms with van der Waals surface area (Å²) in [4.78, 5) is 6.61. The maximum absolute atomic E-state index is 5.61. The minimum atomic E-state index is -1.43. The van der Waals surface area contributed by atoms with E-state index < -0.39 is 9.36 Å². The molecule has 13 heavy (non-hydrogen) atoms. The predicted molar refractivity (Wildman–Crippen MR) is 58.7 cm³/mol. The molecular weight excluding hydrogens is 182 g/mol. The third kappa shape index (κ3) is 8.39. The van der Waals surface area contributed by atoms with Crippen LogP contribution in [0.1, 0.15) is 27.7 Å². The van der Waals surface area contributed by atoms with E-state index in [9.17, 15) is 0 Å². The van der Waals surface area contributed by atoms with E-state index >= 15 is 0 Å². The Labute approximate surface area is 83.3 Å². The molecule has 0 spiro atoms. The van der Waals surface area contributed by atoms with Gasteiger partial charge in [-0.3, -0.25) is 5.32 Å². The van der Waals surface area contributed by atoms with Crippen molar-refractivity contribution in [1.29, 1.82) is 0 Å². The lowest BCUT2D eigenvalue weighted by molar-refractivity contribution is 0.265. The van der Waals surface area contributed by atoms with Crippen LogP contribution >= 0.6 is 0 Å². The fraction of sp³-hybridized carbons (Fsp3) is 1.00. The van der Waals surface area contributed by atoms with Gasteiger partial charge in [0.2, 0.25) is 0 Å². The van der Waals surface area contributed by atoms with Crippen molar-refractivity contribution in [2.24, 2.45) is 0 Å². The zero-order chi connectivity index (χ0) is 10.3. The maximum Gasteiger partial charge on any atom is 0.336 e. The normalized spacial score (nSPS) is 14.5. The molecule has 4 nitrogen and oxygen atoms in total. The minimum absolute atomic E-state index is 0.117. The van der Waals surface area contributed by atoms with Crippen molar-refractivity contribution in [2.45, 2.75) is 33.2 Å². The van der Waals surface area contributed by atoms with Gasteiger partial charge in [-0.15, -0.1) is 0 Å². The van der Waals surface area contributed by atoms with Crippen LogP contribution in [0.15, 0.2) is 0 Å². The number of hydrogen-bond donors (Lipinski definition) is 3. The van der Waals surface area contributed by atoms with Gasteiger partial charge in [0.25, 0.3) is 0 Å². The van der Waals surface area contributed by atoms with Gasteiger partial charge in [0, 0.05) is 5.54 Å². The van der Waals surface area contributed by atoms with Gasteiger partial charge in [-0.2, -0.15) is 0 Å². The van der Waals surface area contributed by atoms with Crippen LogP contribution in [-0.4, -0.2) is 35.2 Å². The Balaban J connectivity index is 3.63. The summed E-state index contributed by atoms with van der Waals surface area (Å²) >= 11 is 0. The van der Waals surface area contributed by atoms with Gasteiger partial charge in [-0.1, -0.05) is 6.92 Å². The topological polar surface area (TPSA) is 45.3 Å². The average Bonchev–Trinajstić information content (AvgIpc) is 2.01. The number of hydrogen-bond acceptors (Lipinski definition) is 4. The summed E-state index contributed by atoms with van der Waals surface area (Å²) in [6.45, 7) is 10.1. The molecule has 0 saturated heterocycles. The van der Waals surface area contributed by atoms with Crippen molar-refractivity contribution < 1.29 is 4.43 Å².